The highest BCUT2D eigenvalue weighted by Crippen LogP contribution is 2.54. The van der Waals surface area contributed by atoms with Crippen molar-refractivity contribution in [2.75, 3.05) is 0 Å². The van der Waals surface area contributed by atoms with E-state index in [2.05, 4.69) is 215 Å². The molecular weight excluding hydrogens is 721 g/mol. The van der Waals surface area contributed by atoms with Crippen LogP contribution in [0.2, 0.25) is 0 Å². The van der Waals surface area contributed by atoms with E-state index in [1.54, 1.807) is 0 Å². The summed E-state index contributed by atoms with van der Waals surface area (Å²) in [4.78, 5) is 0. The molecule has 2 aliphatic carbocycles. The Morgan fingerprint density at radius 2 is 0.750 bits per heavy atom. The van der Waals surface area contributed by atoms with Crippen LogP contribution in [0.5, 0.6) is 0 Å². The minimum atomic E-state index is -0.153. The van der Waals surface area contributed by atoms with Gasteiger partial charge < -0.3 is 0 Å². The zero-order chi connectivity index (χ0) is 41.7. The van der Waals surface area contributed by atoms with Gasteiger partial charge in [-0.05, 0) is 150 Å². The summed E-state index contributed by atoms with van der Waals surface area (Å²) in [5, 5.41) is 8.00. The summed E-state index contributed by atoms with van der Waals surface area (Å²) in [5.41, 5.74) is 21.6. The highest BCUT2D eigenvalue weighted by Gasteiger charge is 2.38. The fourth-order valence-electron chi connectivity index (χ4n) is 10.9. The number of hydrogen-bond acceptors (Lipinski definition) is 0. The highest BCUT2D eigenvalue weighted by atomic mass is 14.4. The van der Waals surface area contributed by atoms with Crippen molar-refractivity contribution in [2.45, 2.75) is 90.9 Å². The van der Waals surface area contributed by atoms with E-state index in [9.17, 15) is 0 Å². The molecule has 0 amide bonds. The molecule has 0 saturated heterocycles. The van der Waals surface area contributed by atoms with Crippen LogP contribution in [0.15, 0.2) is 146 Å². The molecule has 0 saturated carbocycles. The fraction of sp³-hybridized carbons (Fsp3) is 0.233. The Hall–Kier alpha value is -5.98. The minimum absolute atomic E-state index is 0.0609. The zero-order valence-corrected chi connectivity index (χ0v) is 36.9. The molecule has 0 fully saturated rings. The molecule has 0 aromatic heterocycles. The summed E-state index contributed by atoms with van der Waals surface area (Å²) in [6.45, 7) is 23.5. The number of fused-ring (bicyclic) bond motifs is 6. The predicted molar refractivity (Wildman–Crippen MR) is 259 cm³/mol. The van der Waals surface area contributed by atoms with Crippen LogP contribution < -0.4 is 0 Å². The van der Waals surface area contributed by atoms with Crippen LogP contribution in [0.1, 0.15) is 103 Å². The molecule has 9 aromatic carbocycles. The molecule has 2 aliphatic rings. The normalized spacial score (nSPS) is 15.1. The maximum atomic E-state index is 2.48. The standard InChI is InChI=1S/C60H54/c1-57(2,3)41-22-28-49-47-25-19-37(32-52(47)60(9,10)54(49)34-41)36-18-24-46-48-26-20-38(33-53(48)59(7,8)51(46)31-36)43-13-11-12-14-44(43)45-23-17-35-15-16-39-29-42(58(4,5)6)30-40-21-27-50(45)56(35)55(39)40/h11-34H,1-10H3. The first kappa shape index (κ1) is 37.1. The summed E-state index contributed by atoms with van der Waals surface area (Å²) < 4.78 is 0. The molecule has 0 unspecified atom stereocenters. The van der Waals surface area contributed by atoms with Crippen molar-refractivity contribution in [1.82, 2.24) is 0 Å². The molecule has 0 heteroatoms. The van der Waals surface area contributed by atoms with Crippen molar-refractivity contribution < 1.29 is 0 Å². The molecule has 9 aromatic rings. The van der Waals surface area contributed by atoms with Gasteiger partial charge in [-0.1, -0.05) is 197 Å². The van der Waals surface area contributed by atoms with Crippen molar-refractivity contribution in [3.8, 4) is 55.6 Å². The van der Waals surface area contributed by atoms with Crippen LogP contribution in [-0.4, -0.2) is 0 Å². The number of hydrogen-bond donors (Lipinski definition) is 0. The van der Waals surface area contributed by atoms with Gasteiger partial charge in [-0.15, -0.1) is 0 Å². The monoisotopic (exact) mass is 774 g/mol. The Morgan fingerprint density at radius 1 is 0.317 bits per heavy atom. The molecule has 0 N–H and O–H groups in total. The van der Waals surface area contributed by atoms with E-state index in [-0.39, 0.29) is 21.7 Å². The second-order valence-corrected chi connectivity index (χ2v) is 21.0. The molecule has 0 radical (unpaired) electrons. The van der Waals surface area contributed by atoms with E-state index in [0.29, 0.717) is 0 Å². The minimum Gasteiger partial charge on any atom is -0.0616 e. The first-order valence-electron chi connectivity index (χ1n) is 21.9. The first-order chi connectivity index (χ1) is 28.5. The maximum absolute atomic E-state index is 2.48. The number of rotatable bonds is 3. The Kier molecular flexibility index (Phi) is 7.59. The van der Waals surface area contributed by atoms with E-state index in [0.717, 1.165) is 0 Å². The fourth-order valence-corrected chi connectivity index (χ4v) is 10.9. The van der Waals surface area contributed by atoms with Crippen LogP contribution in [0.3, 0.4) is 0 Å². The molecule has 0 aliphatic heterocycles. The van der Waals surface area contributed by atoms with Gasteiger partial charge in [0.1, 0.15) is 0 Å². The lowest BCUT2D eigenvalue weighted by Gasteiger charge is -2.25. The largest absolute Gasteiger partial charge is 0.0616 e. The lowest BCUT2D eigenvalue weighted by molar-refractivity contribution is 0.584. The lowest BCUT2D eigenvalue weighted by atomic mass is 9.78. The Morgan fingerprint density at radius 3 is 1.32 bits per heavy atom. The van der Waals surface area contributed by atoms with Gasteiger partial charge in [-0.3, -0.25) is 0 Å². The molecule has 294 valence electrons. The van der Waals surface area contributed by atoms with E-state index in [4.69, 9.17) is 0 Å². The lowest BCUT2D eigenvalue weighted by Crippen LogP contribution is -2.17. The van der Waals surface area contributed by atoms with Gasteiger partial charge in [-0.25, -0.2) is 0 Å². The van der Waals surface area contributed by atoms with Crippen molar-refractivity contribution in [2.24, 2.45) is 0 Å². The van der Waals surface area contributed by atoms with Crippen molar-refractivity contribution in [3.63, 3.8) is 0 Å². The average Bonchev–Trinajstić information content (AvgIpc) is 3.60. The molecule has 0 bridgehead atoms. The SMILES string of the molecule is CC(C)(C)c1ccc2c(c1)C(C)(C)c1cc(-c3ccc4c(c3)C(C)(C)c3cc(-c5ccccc5-c5ccc6ccc7cc(C(C)(C)C)cc8ccc5c6c78)ccc3-4)ccc1-2. The topological polar surface area (TPSA) is 0 Å². The van der Waals surface area contributed by atoms with Crippen LogP contribution in [0, 0.1) is 0 Å². The molecule has 11 rings (SSSR count). The Balaban J connectivity index is 0.974. The van der Waals surface area contributed by atoms with Gasteiger partial charge in [0, 0.05) is 10.8 Å². The molecule has 0 heterocycles. The van der Waals surface area contributed by atoms with Gasteiger partial charge in [-0.2, -0.15) is 0 Å². The van der Waals surface area contributed by atoms with E-state index >= 15 is 0 Å². The molecular formula is C60H54. The van der Waals surface area contributed by atoms with E-state index < -0.39 is 0 Å². The molecule has 0 nitrogen and oxygen atoms in total. The van der Waals surface area contributed by atoms with Gasteiger partial charge in [0.05, 0.1) is 0 Å². The molecule has 0 spiro atoms. The maximum Gasteiger partial charge on any atom is 0.0159 e. The Bertz CT molecular complexity index is 3240. The van der Waals surface area contributed by atoms with Gasteiger partial charge in [0.2, 0.25) is 0 Å². The third-order valence-corrected chi connectivity index (χ3v) is 14.5. The second-order valence-electron chi connectivity index (χ2n) is 21.0. The first-order valence-corrected chi connectivity index (χ1v) is 21.9. The third kappa shape index (κ3) is 5.29. The summed E-state index contributed by atoms with van der Waals surface area (Å²) in [5.74, 6) is 0. The highest BCUT2D eigenvalue weighted by molar-refractivity contribution is 6.26. The van der Waals surface area contributed by atoms with Gasteiger partial charge in [0.15, 0.2) is 0 Å². The number of benzene rings is 9. The van der Waals surface area contributed by atoms with Crippen LogP contribution in [-0.2, 0) is 21.7 Å². The third-order valence-electron chi connectivity index (χ3n) is 14.5. The summed E-state index contributed by atoms with van der Waals surface area (Å²) in [6, 6.07) is 56.6. The molecule has 60 heavy (non-hydrogen) atoms. The van der Waals surface area contributed by atoms with Crippen molar-refractivity contribution >= 4 is 32.3 Å². The van der Waals surface area contributed by atoms with Crippen molar-refractivity contribution in [3.05, 3.63) is 179 Å². The smallest absolute Gasteiger partial charge is 0.0159 e. The average molecular weight is 775 g/mol. The van der Waals surface area contributed by atoms with Crippen molar-refractivity contribution in [1.29, 1.82) is 0 Å². The summed E-state index contributed by atoms with van der Waals surface area (Å²) in [6.07, 6.45) is 0. The zero-order valence-electron chi connectivity index (χ0n) is 36.9. The van der Waals surface area contributed by atoms with E-state index in [1.165, 1.54) is 121 Å². The quantitative estimate of drug-likeness (QED) is 0.157. The summed E-state index contributed by atoms with van der Waals surface area (Å²) in [7, 11) is 0. The Labute approximate surface area is 356 Å². The van der Waals surface area contributed by atoms with Gasteiger partial charge in [0.25, 0.3) is 0 Å². The summed E-state index contributed by atoms with van der Waals surface area (Å²) >= 11 is 0. The van der Waals surface area contributed by atoms with Crippen LogP contribution in [0.4, 0.5) is 0 Å². The second kappa shape index (κ2) is 12.3. The molecule has 0 atom stereocenters. The van der Waals surface area contributed by atoms with E-state index in [1.807, 2.05) is 0 Å². The van der Waals surface area contributed by atoms with Crippen LogP contribution >= 0.6 is 0 Å². The van der Waals surface area contributed by atoms with Crippen LogP contribution in [0.25, 0.3) is 88.0 Å². The van der Waals surface area contributed by atoms with Gasteiger partial charge >= 0.3 is 0 Å². The predicted octanol–water partition coefficient (Wildman–Crippen LogP) is 16.8.